The van der Waals surface area contributed by atoms with E-state index in [2.05, 4.69) is 10.6 Å². The van der Waals surface area contributed by atoms with Crippen molar-refractivity contribution in [2.45, 2.75) is 17.4 Å². The average Bonchev–Trinajstić information content (AvgIpc) is 2.77. The van der Waals surface area contributed by atoms with Crippen LogP contribution in [0.25, 0.3) is 0 Å². The van der Waals surface area contributed by atoms with Gasteiger partial charge in [-0.2, -0.15) is 0 Å². The number of aliphatic hydroxyl groups excluding tert-OH is 1. The highest BCUT2D eigenvalue weighted by molar-refractivity contribution is 7.99. The molecule has 2 amide bonds. The van der Waals surface area contributed by atoms with E-state index < -0.39 is 6.10 Å². The van der Waals surface area contributed by atoms with Crippen LogP contribution in [0.1, 0.15) is 26.3 Å². The number of hydrogen-bond acceptors (Lipinski definition) is 6. The molecule has 0 saturated heterocycles. The summed E-state index contributed by atoms with van der Waals surface area (Å²) in [6.07, 6.45) is -0.294. The molecule has 180 valence electrons. The van der Waals surface area contributed by atoms with Gasteiger partial charge in [-0.1, -0.05) is 30.3 Å². The Labute approximate surface area is 201 Å². The molecule has 0 bridgehead atoms. The first-order valence-electron chi connectivity index (χ1n) is 11.1. The molecule has 3 N–H and O–H groups in total. The molecule has 0 aliphatic carbocycles. The lowest BCUT2D eigenvalue weighted by Crippen LogP contribution is -2.32. The molecule has 0 aliphatic rings. The van der Waals surface area contributed by atoms with Gasteiger partial charge in [0.2, 0.25) is 0 Å². The number of thioether (sulfide) groups is 1. The minimum absolute atomic E-state index is 0.116. The average molecular weight is 473 g/mol. The smallest absolute Gasteiger partial charge is 0.252 e. The molecule has 0 heterocycles. The zero-order valence-electron chi connectivity index (χ0n) is 20.0. The highest BCUT2D eigenvalue weighted by Gasteiger charge is 2.16. The third-order valence-electron chi connectivity index (χ3n) is 4.97. The van der Waals surface area contributed by atoms with Gasteiger partial charge in [0.05, 0.1) is 11.7 Å². The lowest BCUT2D eigenvalue weighted by molar-refractivity contribution is 0.0940. The van der Waals surface area contributed by atoms with Crippen molar-refractivity contribution < 1.29 is 14.7 Å². The van der Waals surface area contributed by atoms with E-state index in [0.717, 1.165) is 23.5 Å². The van der Waals surface area contributed by atoms with Crippen LogP contribution in [0.3, 0.4) is 0 Å². The fourth-order valence-corrected chi connectivity index (χ4v) is 4.16. The Hall–Kier alpha value is -2.39. The lowest BCUT2D eigenvalue weighted by Gasteiger charge is -2.16. The number of amides is 2. The Morgan fingerprint density at radius 1 is 0.848 bits per heavy atom. The molecule has 8 heteroatoms. The van der Waals surface area contributed by atoms with E-state index in [1.54, 1.807) is 12.1 Å². The van der Waals surface area contributed by atoms with Gasteiger partial charge in [-0.05, 0) is 58.4 Å². The molecule has 33 heavy (non-hydrogen) atoms. The van der Waals surface area contributed by atoms with Gasteiger partial charge in [0.15, 0.2) is 0 Å². The van der Waals surface area contributed by atoms with Crippen molar-refractivity contribution in [3.63, 3.8) is 0 Å². The van der Waals surface area contributed by atoms with Crippen LogP contribution in [0.2, 0.25) is 0 Å². The number of carbonyl (C=O) groups excluding carboxylic acids is 2. The summed E-state index contributed by atoms with van der Waals surface area (Å²) in [5, 5.41) is 16.6. The predicted octanol–water partition coefficient (Wildman–Crippen LogP) is 1.97. The Bertz CT molecular complexity index is 905. The zero-order chi connectivity index (χ0) is 24.2. The van der Waals surface area contributed by atoms with Crippen LogP contribution < -0.4 is 10.6 Å². The van der Waals surface area contributed by atoms with Crippen LogP contribution in [0.5, 0.6) is 0 Å². The monoisotopic (exact) mass is 472 g/mol. The zero-order valence-corrected chi connectivity index (χ0v) is 20.8. The van der Waals surface area contributed by atoms with E-state index in [-0.39, 0.29) is 11.8 Å². The van der Waals surface area contributed by atoms with Gasteiger partial charge in [-0.3, -0.25) is 9.59 Å². The quantitative estimate of drug-likeness (QED) is 0.387. The maximum absolute atomic E-state index is 12.6. The largest absolute Gasteiger partial charge is 0.392 e. The van der Waals surface area contributed by atoms with Crippen molar-refractivity contribution in [3.05, 3.63) is 65.2 Å². The molecule has 0 radical (unpaired) electrons. The first-order chi connectivity index (χ1) is 15.8. The number of carbonyl (C=O) groups is 2. The molecule has 2 aromatic carbocycles. The minimum Gasteiger partial charge on any atom is -0.392 e. The summed E-state index contributed by atoms with van der Waals surface area (Å²) in [6, 6.07) is 14.8. The van der Waals surface area contributed by atoms with Crippen molar-refractivity contribution in [3.8, 4) is 0 Å². The molecule has 2 aromatic rings. The van der Waals surface area contributed by atoms with Crippen LogP contribution in [0.4, 0.5) is 0 Å². The van der Waals surface area contributed by atoms with Gasteiger partial charge in [-0.25, -0.2) is 0 Å². The third-order valence-corrected chi connectivity index (χ3v) is 6.19. The molecule has 7 nitrogen and oxygen atoms in total. The molecular weight excluding hydrogens is 436 g/mol. The molecule has 0 fully saturated rings. The molecule has 0 aliphatic heterocycles. The topological polar surface area (TPSA) is 84.9 Å². The predicted molar refractivity (Wildman–Crippen MR) is 135 cm³/mol. The molecule has 1 unspecified atom stereocenters. The van der Waals surface area contributed by atoms with Crippen molar-refractivity contribution >= 4 is 23.6 Å². The Kier molecular flexibility index (Phi) is 11.4. The fraction of sp³-hybridized carbons (Fsp3) is 0.440. The Morgan fingerprint density at radius 3 is 1.97 bits per heavy atom. The van der Waals surface area contributed by atoms with Gasteiger partial charge < -0.3 is 25.5 Å². The van der Waals surface area contributed by atoms with E-state index in [1.165, 1.54) is 11.8 Å². The Morgan fingerprint density at radius 2 is 1.36 bits per heavy atom. The van der Waals surface area contributed by atoms with Gasteiger partial charge in [0, 0.05) is 42.4 Å². The second-order valence-corrected chi connectivity index (χ2v) is 9.50. The molecule has 0 spiro atoms. The van der Waals surface area contributed by atoms with E-state index in [0.29, 0.717) is 36.4 Å². The number of aliphatic hydroxyl groups is 1. The van der Waals surface area contributed by atoms with Gasteiger partial charge in [-0.15, -0.1) is 11.8 Å². The van der Waals surface area contributed by atoms with Gasteiger partial charge >= 0.3 is 0 Å². The maximum atomic E-state index is 12.6. The normalized spacial score (nSPS) is 12.1. The SMILES string of the molecule is CN(C)CCNC(=O)c1ccccc1CC(O)CSc1ccccc1C(=O)NCCN(C)C. The van der Waals surface area contributed by atoms with Gasteiger partial charge in [0.25, 0.3) is 11.8 Å². The summed E-state index contributed by atoms with van der Waals surface area (Å²) in [7, 11) is 7.84. The number of nitrogens with zero attached hydrogens (tertiary/aromatic N) is 2. The van der Waals surface area contributed by atoms with Crippen LogP contribution >= 0.6 is 11.8 Å². The first kappa shape index (κ1) is 26.9. The summed E-state index contributed by atoms with van der Waals surface area (Å²) < 4.78 is 0. The highest BCUT2D eigenvalue weighted by atomic mass is 32.2. The number of hydrogen-bond donors (Lipinski definition) is 3. The maximum Gasteiger partial charge on any atom is 0.252 e. The summed E-state index contributed by atoms with van der Waals surface area (Å²) in [4.78, 5) is 30.0. The van der Waals surface area contributed by atoms with E-state index >= 15 is 0 Å². The Balaban J connectivity index is 1.96. The van der Waals surface area contributed by atoms with Crippen molar-refractivity contribution in [1.82, 2.24) is 20.4 Å². The molecular formula is C25H36N4O3S. The fourth-order valence-electron chi connectivity index (χ4n) is 3.18. The highest BCUT2D eigenvalue weighted by Crippen LogP contribution is 2.24. The first-order valence-corrected chi connectivity index (χ1v) is 12.1. The van der Waals surface area contributed by atoms with Crippen molar-refractivity contribution in [2.75, 3.05) is 60.1 Å². The van der Waals surface area contributed by atoms with Crippen LogP contribution in [-0.2, 0) is 6.42 Å². The number of rotatable bonds is 13. The second-order valence-electron chi connectivity index (χ2n) is 8.44. The third kappa shape index (κ3) is 9.55. The van der Waals surface area contributed by atoms with Crippen LogP contribution in [0.15, 0.2) is 53.4 Å². The van der Waals surface area contributed by atoms with Gasteiger partial charge in [0.1, 0.15) is 0 Å². The second kappa shape index (κ2) is 14.0. The number of benzene rings is 2. The van der Waals surface area contributed by atoms with Crippen LogP contribution in [-0.4, -0.2) is 92.9 Å². The van der Waals surface area contributed by atoms with Crippen molar-refractivity contribution in [2.24, 2.45) is 0 Å². The van der Waals surface area contributed by atoms with E-state index in [9.17, 15) is 14.7 Å². The number of likely N-dealkylation sites (N-methyl/N-ethyl adjacent to an activating group) is 2. The summed E-state index contributed by atoms with van der Waals surface area (Å²) >= 11 is 1.45. The lowest BCUT2D eigenvalue weighted by atomic mass is 10.0. The van der Waals surface area contributed by atoms with Crippen LogP contribution in [0, 0.1) is 0 Å². The molecule has 2 rings (SSSR count). The minimum atomic E-state index is -0.657. The van der Waals surface area contributed by atoms with E-state index in [4.69, 9.17) is 0 Å². The standard InChI is InChI=1S/C25H36N4O3S/c1-28(2)15-13-26-24(31)21-10-6-5-9-19(21)17-20(30)18-33-23-12-8-7-11-22(23)25(32)27-14-16-29(3)4/h5-12,20,30H,13-18H2,1-4H3,(H,26,31)(H,27,32). The summed E-state index contributed by atoms with van der Waals surface area (Å²) in [5.74, 6) is 0.166. The molecule has 1 atom stereocenters. The summed E-state index contributed by atoms with van der Waals surface area (Å²) in [6.45, 7) is 2.66. The number of nitrogens with one attached hydrogen (secondary N) is 2. The summed E-state index contributed by atoms with van der Waals surface area (Å²) in [5.41, 5.74) is 2.00. The van der Waals surface area contributed by atoms with E-state index in [1.807, 2.05) is 74.4 Å². The van der Waals surface area contributed by atoms with Crippen molar-refractivity contribution in [1.29, 1.82) is 0 Å². The molecule has 0 aromatic heterocycles. The molecule has 0 saturated carbocycles.